The molecule has 21 heavy (non-hydrogen) atoms. The molecule has 7 heteroatoms. The second-order valence-corrected chi connectivity index (χ2v) is 5.52. The van der Waals surface area contributed by atoms with Gasteiger partial charge in [0, 0.05) is 11.0 Å². The van der Waals surface area contributed by atoms with Crippen LogP contribution in [-0.2, 0) is 12.7 Å². The van der Waals surface area contributed by atoms with Gasteiger partial charge < -0.3 is 10.5 Å². The highest BCUT2D eigenvalue weighted by Gasteiger charge is 2.33. The number of benzene rings is 2. The topological polar surface area (TPSA) is 35.2 Å². The van der Waals surface area contributed by atoms with Crippen LogP contribution in [0.15, 0.2) is 40.9 Å². The van der Waals surface area contributed by atoms with Crippen LogP contribution in [-0.4, -0.2) is 0 Å². The first-order chi connectivity index (χ1) is 9.81. The molecule has 0 bridgehead atoms. The zero-order valence-electron chi connectivity index (χ0n) is 10.5. The molecule has 2 aromatic carbocycles. The average molecular weight is 381 g/mol. The van der Waals surface area contributed by atoms with Crippen molar-refractivity contribution in [2.45, 2.75) is 12.7 Å². The second-order valence-electron chi connectivity index (χ2n) is 4.20. The van der Waals surface area contributed by atoms with Crippen molar-refractivity contribution >= 4 is 27.5 Å². The zero-order valence-corrected chi connectivity index (χ0v) is 12.9. The van der Waals surface area contributed by atoms with Gasteiger partial charge in [-0.15, -0.1) is 0 Å². The Labute approximate surface area is 132 Å². The van der Waals surface area contributed by atoms with Gasteiger partial charge in [0.15, 0.2) is 0 Å². The minimum atomic E-state index is -4.49. The van der Waals surface area contributed by atoms with Gasteiger partial charge in [0.05, 0.1) is 10.6 Å². The van der Waals surface area contributed by atoms with Gasteiger partial charge in [0.1, 0.15) is 11.5 Å². The molecule has 0 saturated carbocycles. The molecule has 0 heterocycles. The lowest BCUT2D eigenvalue weighted by atomic mass is 10.1. The van der Waals surface area contributed by atoms with E-state index in [-0.39, 0.29) is 23.6 Å². The summed E-state index contributed by atoms with van der Waals surface area (Å²) in [5.41, 5.74) is 4.52. The van der Waals surface area contributed by atoms with E-state index in [0.29, 0.717) is 9.50 Å². The van der Waals surface area contributed by atoms with E-state index < -0.39 is 11.7 Å². The maximum atomic E-state index is 13.0. The molecular formula is C14H10BrClF3NO. The fraction of sp³-hybridized carbons (Fsp3) is 0.143. The Morgan fingerprint density at radius 3 is 2.48 bits per heavy atom. The van der Waals surface area contributed by atoms with E-state index in [0.717, 1.165) is 6.07 Å². The Morgan fingerprint density at radius 2 is 1.86 bits per heavy atom. The number of nitrogens with two attached hydrogens (primary N) is 1. The lowest BCUT2D eigenvalue weighted by molar-refractivity contribution is -0.138. The normalized spacial score (nSPS) is 11.5. The Bertz CT molecular complexity index is 661. The second kappa shape index (κ2) is 6.25. The lowest BCUT2D eigenvalue weighted by Crippen LogP contribution is -2.12. The maximum absolute atomic E-state index is 13.0. The van der Waals surface area contributed by atoms with Crippen LogP contribution >= 0.6 is 27.5 Å². The molecule has 0 spiro atoms. The first kappa shape index (κ1) is 16.1. The van der Waals surface area contributed by atoms with Crippen LogP contribution in [0.5, 0.6) is 11.5 Å². The number of halogens is 5. The molecule has 0 unspecified atom stereocenters. The minimum absolute atomic E-state index is 0.00943. The SMILES string of the molecule is NCc1ccc(Oc2cc(Br)ccc2Cl)cc1C(F)(F)F. The summed E-state index contributed by atoms with van der Waals surface area (Å²) in [6.07, 6.45) is -4.49. The van der Waals surface area contributed by atoms with Crippen LogP contribution in [0.2, 0.25) is 5.02 Å². The van der Waals surface area contributed by atoms with E-state index in [9.17, 15) is 13.2 Å². The van der Waals surface area contributed by atoms with E-state index in [1.54, 1.807) is 18.2 Å². The first-order valence-electron chi connectivity index (χ1n) is 5.84. The van der Waals surface area contributed by atoms with Gasteiger partial charge in [-0.2, -0.15) is 13.2 Å². The summed E-state index contributed by atoms with van der Waals surface area (Å²) in [5.74, 6) is 0.305. The van der Waals surface area contributed by atoms with Crippen LogP contribution in [0.1, 0.15) is 11.1 Å². The zero-order chi connectivity index (χ0) is 15.6. The highest BCUT2D eigenvalue weighted by Crippen LogP contribution is 2.37. The van der Waals surface area contributed by atoms with E-state index >= 15 is 0 Å². The molecule has 0 aliphatic carbocycles. The Balaban J connectivity index is 2.39. The van der Waals surface area contributed by atoms with E-state index in [1.807, 2.05) is 0 Å². The minimum Gasteiger partial charge on any atom is -0.456 e. The number of rotatable bonds is 3. The van der Waals surface area contributed by atoms with Gasteiger partial charge in [-0.05, 0) is 35.9 Å². The van der Waals surface area contributed by atoms with Crippen molar-refractivity contribution in [3.8, 4) is 11.5 Å². The number of ether oxygens (including phenoxy) is 1. The van der Waals surface area contributed by atoms with Crippen LogP contribution in [0.4, 0.5) is 13.2 Å². The van der Waals surface area contributed by atoms with Crippen molar-refractivity contribution in [1.82, 2.24) is 0 Å². The summed E-state index contributed by atoms with van der Waals surface area (Å²) in [6.45, 7) is -0.202. The molecule has 0 saturated heterocycles. The summed E-state index contributed by atoms with van der Waals surface area (Å²) in [5, 5.41) is 0.301. The molecule has 0 radical (unpaired) electrons. The molecule has 0 aromatic heterocycles. The largest absolute Gasteiger partial charge is 0.456 e. The molecule has 2 aromatic rings. The average Bonchev–Trinajstić information content (AvgIpc) is 2.42. The standard InChI is InChI=1S/C14H10BrClF3NO/c15-9-2-4-12(16)13(5-9)21-10-3-1-8(7-20)11(6-10)14(17,18)19/h1-6H,7,20H2. The van der Waals surface area contributed by atoms with Crippen LogP contribution in [0.25, 0.3) is 0 Å². The lowest BCUT2D eigenvalue weighted by Gasteiger charge is -2.14. The molecule has 0 aliphatic rings. The van der Waals surface area contributed by atoms with Crippen molar-refractivity contribution in [3.63, 3.8) is 0 Å². The highest BCUT2D eigenvalue weighted by molar-refractivity contribution is 9.10. The predicted octanol–water partition coefficient (Wildman–Crippen LogP) is 5.37. The van der Waals surface area contributed by atoms with Crippen molar-refractivity contribution in [3.05, 3.63) is 57.0 Å². The quantitative estimate of drug-likeness (QED) is 0.777. The summed E-state index contributed by atoms with van der Waals surface area (Å²) < 4.78 is 45.0. The van der Waals surface area contributed by atoms with Crippen molar-refractivity contribution in [1.29, 1.82) is 0 Å². The number of hydrogen-bond acceptors (Lipinski definition) is 2. The van der Waals surface area contributed by atoms with Crippen molar-refractivity contribution in [2.75, 3.05) is 0 Å². The predicted molar refractivity (Wildman–Crippen MR) is 78.6 cm³/mol. The molecule has 0 atom stereocenters. The van der Waals surface area contributed by atoms with Crippen LogP contribution in [0.3, 0.4) is 0 Å². The molecule has 2 rings (SSSR count). The van der Waals surface area contributed by atoms with Gasteiger partial charge in [-0.1, -0.05) is 33.6 Å². The van der Waals surface area contributed by atoms with Gasteiger partial charge in [0.25, 0.3) is 0 Å². The van der Waals surface area contributed by atoms with Gasteiger partial charge >= 0.3 is 6.18 Å². The maximum Gasteiger partial charge on any atom is 0.416 e. The number of alkyl halides is 3. The molecule has 0 aliphatic heterocycles. The summed E-state index contributed by atoms with van der Waals surface area (Å²) in [6, 6.07) is 8.50. The smallest absolute Gasteiger partial charge is 0.416 e. The Kier molecular flexibility index (Phi) is 4.81. The van der Waals surface area contributed by atoms with Gasteiger partial charge in [-0.3, -0.25) is 0 Å². The van der Waals surface area contributed by atoms with Gasteiger partial charge in [-0.25, -0.2) is 0 Å². The van der Waals surface area contributed by atoms with Crippen LogP contribution < -0.4 is 10.5 Å². The van der Waals surface area contributed by atoms with E-state index in [1.165, 1.54) is 12.1 Å². The third-order valence-electron chi connectivity index (χ3n) is 2.73. The van der Waals surface area contributed by atoms with E-state index in [2.05, 4.69) is 15.9 Å². The van der Waals surface area contributed by atoms with Crippen molar-refractivity contribution < 1.29 is 17.9 Å². The summed E-state index contributed by atoms with van der Waals surface area (Å²) in [7, 11) is 0. The van der Waals surface area contributed by atoms with Crippen LogP contribution in [0, 0.1) is 0 Å². The molecule has 2 N–H and O–H groups in total. The fourth-order valence-corrected chi connectivity index (χ4v) is 2.24. The summed E-state index contributed by atoms with van der Waals surface area (Å²) in [4.78, 5) is 0. The number of hydrogen-bond donors (Lipinski definition) is 1. The Morgan fingerprint density at radius 1 is 1.14 bits per heavy atom. The summed E-state index contributed by atoms with van der Waals surface area (Å²) >= 11 is 9.19. The molecule has 0 fully saturated rings. The third kappa shape index (κ3) is 3.90. The fourth-order valence-electron chi connectivity index (χ4n) is 1.74. The van der Waals surface area contributed by atoms with E-state index in [4.69, 9.17) is 22.1 Å². The molecular weight excluding hydrogens is 371 g/mol. The first-order valence-corrected chi connectivity index (χ1v) is 7.01. The monoisotopic (exact) mass is 379 g/mol. The highest BCUT2D eigenvalue weighted by atomic mass is 79.9. The van der Waals surface area contributed by atoms with Gasteiger partial charge in [0.2, 0.25) is 0 Å². The Hall–Kier alpha value is -1.24. The molecule has 0 amide bonds. The third-order valence-corrected chi connectivity index (χ3v) is 3.53. The molecule has 112 valence electrons. The van der Waals surface area contributed by atoms with Crippen molar-refractivity contribution in [2.24, 2.45) is 5.73 Å². The molecule has 2 nitrogen and oxygen atoms in total.